The molecule has 2 amide bonds. The number of nitriles is 1. The Morgan fingerprint density at radius 3 is 2.60 bits per heavy atom. The highest BCUT2D eigenvalue weighted by Gasteiger charge is 2.14. The number of benzene rings is 1. The van der Waals surface area contributed by atoms with Crippen LogP contribution in [0, 0.1) is 11.3 Å². The Balaban J connectivity index is 2.46. The fraction of sp³-hybridized carbons (Fsp3) is 0.357. The molecular formula is C14H18N4O2. The molecule has 0 saturated carbocycles. The van der Waals surface area contributed by atoms with Gasteiger partial charge in [-0.1, -0.05) is 12.1 Å². The minimum atomic E-state index is -0.766. The molecule has 0 unspecified atom stereocenters. The van der Waals surface area contributed by atoms with E-state index in [4.69, 9.17) is 5.26 Å². The van der Waals surface area contributed by atoms with E-state index in [0.29, 0.717) is 17.8 Å². The van der Waals surface area contributed by atoms with Crippen LogP contribution in [0.25, 0.3) is 0 Å². The second-order valence-electron chi connectivity index (χ2n) is 4.52. The molecule has 0 bridgehead atoms. The molecule has 0 aromatic heterocycles. The number of anilines is 1. The first-order valence-corrected chi connectivity index (χ1v) is 6.27. The Kier molecular flexibility index (Phi) is 6.20. The third-order valence-electron chi connectivity index (χ3n) is 2.57. The molecular weight excluding hydrogens is 256 g/mol. The highest BCUT2D eigenvalue weighted by Crippen LogP contribution is 2.12. The molecule has 1 aromatic rings. The van der Waals surface area contributed by atoms with Crippen molar-refractivity contribution in [2.24, 2.45) is 0 Å². The van der Waals surface area contributed by atoms with Gasteiger partial charge in [-0.15, -0.1) is 0 Å². The topological polar surface area (TPSA) is 85.2 Å². The normalized spacial score (nSPS) is 9.90. The first-order valence-electron chi connectivity index (χ1n) is 6.27. The first-order chi connectivity index (χ1) is 9.54. The maximum Gasteiger partial charge on any atom is 0.313 e. The van der Waals surface area contributed by atoms with Crippen molar-refractivity contribution in [2.45, 2.75) is 6.42 Å². The molecule has 0 aliphatic heterocycles. The van der Waals surface area contributed by atoms with Crippen molar-refractivity contribution in [2.75, 3.05) is 32.5 Å². The summed E-state index contributed by atoms with van der Waals surface area (Å²) in [5.74, 6) is -1.46. The fourth-order valence-corrected chi connectivity index (χ4v) is 1.55. The predicted molar refractivity (Wildman–Crippen MR) is 76.0 cm³/mol. The number of hydrogen-bond donors (Lipinski definition) is 2. The van der Waals surface area contributed by atoms with Crippen molar-refractivity contribution in [3.05, 3.63) is 29.8 Å². The van der Waals surface area contributed by atoms with Crippen LogP contribution in [-0.4, -0.2) is 43.9 Å². The second kappa shape index (κ2) is 7.92. The zero-order valence-corrected chi connectivity index (χ0v) is 11.6. The summed E-state index contributed by atoms with van der Waals surface area (Å²) >= 11 is 0. The SMILES string of the molecule is CN(C)CCCNC(=O)C(=O)Nc1ccccc1C#N. The van der Waals surface area contributed by atoms with Gasteiger partial charge in [0.15, 0.2) is 0 Å². The second-order valence-corrected chi connectivity index (χ2v) is 4.52. The Hall–Kier alpha value is -2.39. The molecule has 0 atom stereocenters. The maximum absolute atomic E-state index is 11.7. The third-order valence-corrected chi connectivity index (χ3v) is 2.57. The molecule has 0 fully saturated rings. The van der Waals surface area contributed by atoms with Crippen molar-refractivity contribution in [1.29, 1.82) is 5.26 Å². The molecule has 0 radical (unpaired) electrons. The average molecular weight is 274 g/mol. The van der Waals surface area contributed by atoms with Gasteiger partial charge in [0.05, 0.1) is 11.3 Å². The minimum absolute atomic E-state index is 0.321. The molecule has 6 nitrogen and oxygen atoms in total. The van der Waals surface area contributed by atoms with Crippen LogP contribution in [0.3, 0.4) is 0 Å². The summed E-state index contributed by atoms with van der Waals surface area (Å²) in [6.07, 6.45) is 0.765. The monoisotopic (exact) mass is 274 g/mol. The first kappa shape index (κ1) is 15.7. The fourth-order valence-electron chi connectivity index (χ4n) is 1.55. The summed E-state index contributed by atoms with van der Waals surface area (Å²) < 4.78 is 0. The number of carbonyl (C=O) groups is 2. The van der Waals surface area contributed by atoms with Gasteiger partial charge in [-0.3, -0.25) is 9.59 Å². The van der Waals surface area contributed by atoms with E-state index in [1.54, 1.807) is 24.3 Å². The van der Waals surface area contributed by atoms with Crippen molar-refractivity contribution >= 4 is 17.5 Å². The predicted octanol–water partition coefficient (Wildman–Crippen LogP) is 0.565. The number of rotatable bonds is 5. The van der Waals surface area contributed by atoms with Gasteiger partial charge in [0, 0.05) is 6.54 Å². The molecule has 1 rings (SSSR count). The van der Waals surface area contributed by atoms with E-state index in [1.165, 1.54) is 0 Å². The summed E-state index contributed by atoms with van der Waals surface area (Å²) in [7, 11) is 3.88. The van der Waals surface area contributed by atoms with Gasteiger partial charge in [0.1, 0.15) is 6.07 Å². The summed E-state index contributed by atoms with van der Waals surface area (Å²) in [5, 5.41) is 13.9. The Morgan fingerprint density at radius 1 is 1.25 bits per heavy atom. The molecule has 0 spiro atoms. The molecule has 0 saturated heterocycles. The lowest BCUT2D eigenvalue weighted by molar-refractivity contribution is -0.136. The number of hydrogen-bond acceptors (Lipinski definition) is 4. The third kappa shape index (κ3) is 5.08. The molecule has 106 valence electrons. The lowest BCUT2D eigenvalue weighted by atomic mass is 10.2. The molecule has 6 heteroatoms. The lowest BCUT2D eigenvalue weighted by Gasteiger charge is -2.10. The Morgan fingerprint density at radius 2 is 1.95 bits per heavy atom. The molecule has 0 aliphatic rings. The van der Waals surface area contributed by atoms with Crippen molar-refractivity contribution < 1.29 is 9.59 Å². The van der Waals surface area contributed by atoms with Crippen LogP contribution in [0.5, 0.6) is 0 Å². The van der Waals surface area contributed by atoms with Gasteiger partial charge < -0.3 is 15.5 Å². The van der Waals surface area contributed by atoms with Crippen LogP contribution in [0.4, 0.5) is 5.69 Å². The number of nitrogens with one attached hydrogen (secondary N) is 2. The van der Waals surface area contributed by atoms with E-state index in [2.05, 4.69) is 10.6 Å². The average Bonchev–Trinajstić information content (AvgIpc) is 2.43. The van der Waals surface area contributed by atoms with E-state index in [1.807, 2.05) is 25.1 Å². The van der Waals surface area contributed by atoms with Crippen molar-refractivity contribution in [1.82, 2.24) is 10.2 Å². The van der Waals surface area contributed by atoms with Gasteiger partial charge in [-0.25, -0.2) is 0 Å². The van der Waals surface area contributed by atoms with E-state index in [9.17, 15) is 9.59 Å². The zero-order valence-electron chi connectivity index (χ0n) is 11.6. The summed E-state index contributed by atoms with van der Waals surface area (Å²) in [4.78, 5) is 25.2. The molecule has 1 aromatic carbocycles. The molecule has 0 aliphatic carbocycles. The quantitative estimate of drug-likeness (QED) is 0.607. The van der Waals surface area contributed by atoms with Crippen LogP contribution >= 0.6 is 0 Å². The van der Waals surface area contributed by atoms with Crippen molar-refractivity contribution in [3.8, 4) is 6.07 Å². The molecule has 0 heterocycles. The standard InChI is InChI=1S/C14H18N4O2/c1-18(2)9-5-8-16-13(19)14(20)17-12-7-4-3-6-11(12)10-15/h3-4,6-7H,5,8-9H2,1-2H3,(H,16,19)(H,17,20). The smallest absolute Gasteiger partial charge is 0.313 e. The lowest BCUT2D eigenvalue weighted by Crippen LogP contribution is -2.36. The molecule has 2 N–H and O–H groups in total. The number of para-hydroxylation sites is 1. The van der Waals surface area contributed by atoms with Crippen LogP contribution in [0.1, 0.15) is 12.0 Å². The van der Waals surface area contributed by atoms with Gasteiger partial charge in [-0.05, 0) is 39.2 Å². The van der Waals surface area contributed by atoms with E-state index >= 15 is 0 Å². The maximum atomic E-state index is 11.7. The van der Waals surface area contributed by atoms with Gasteiger partial charge in [0.2, 0.25) is 0 Å². The number of carbonyl (C=O) groups excluding carboxylic acids is 2. The highest BCUT2D eigenvalue weighted by atomic mass is 16.2. The molecule has 20 heavy (non-hydrogen) atoms. The van der Waals surface area contributed by atoms with Crippen LogP contribution in [-0.2, 0) is 9.59 Å². The minimum Gasteiger partial charge on any atom is -0.348 e. The van der Waals surface area contributed by atoms with Gasteiger partial charge >= 0.3 is 11.8 Å². The van der Waals surface area contributed by atoms with E-state index in [-0.39, 0.29) is 0 Å². The van der Waals surface area contributed by atoms with Gasteiger partial charge in [0.25, 0.3) is 0 Å². The van der Waals surface area contributed by atoms with Gasteiger partial charge in [-0.2, -0.15) is 5.26 Å². The van der Waals surface area contributed by atoms with Crippen molar-refractivity contribution in [3.63, 3.8) is 0 Å². The summed E-state index contributed by atoms with van der Waals surface area (Å²) in [5.41, 5.74) is 0.657. The summed E-state index contributed by atoms with van der Waals surface area (Å²) in [6.45, 7) is 1.27. The van der Waals surface area contributed by atoms with E-state index < -0.39 is 11.8 Å². The van der Waals surface area contributed by atoms with E-state index in [0.717, 1.165) is 13.0 Å². The van der Waals surface area contributed by atoms with Crippen LogP contribution in [0.2, 0.25) is 0 Å². The van der Waals surface area contributed by atoms with Crippen LogP contribution in [0.15, 0.2) is 24.3 Å². The van der Waals surface area contributed by atoms with Crippen LogP contribution < -0.4 is 10.6 Å². The number of amides is 2. The Bertz CT molecular complexity index is 520. The highest BCUT2D eigenvalue weighted by molar-refractivity contribution is 6.39. The zero-order chi connectivity index (χ0) is 15.0. The summed E-state index contributed by atoms with van der Waals surface area (Å²) in [6, 6.07) is 8.48. The Labute approximate surface area is 118 Å². The number of nitrogens with zero attached hydrogens (tertiary/aromatic N) is 2. The largest absolute Gasteiger partial charge is 0.348 e.